The summed E-state index contributed by atoms with van der Waals surface area (Å²) in [5.74, 6) is 0. The summed E-state index contributed by atoms with van der Waals surface area (Å²) in [5.41, 5.74) is 1.90. The van der Waals surface area contributed by atoms with Crippen molar-refractivity contribution in [3.8, 4) is 0 Å². The zero-order valence-electron chi connectivity index (χ0n) is 9.11. The van der Waals surface area contributed by atoms with Gasteiger partial charge in [0.15, 0.2) is 0 Å². The van der Waals surface area contributed by atoms with Crippen molar-refractivity contribution in [3.63, 3.8) is 0 Å². The summed E-state index contributed by atoms with van der Waals surface area (Å²) in [5, 5.41) is 3.37. The van der Waals surface area contributed by atoms with Crippen LogP contribution in [0.15, 0.2) is 11.7 Å². The lowest BCUT2D eigenvalue weighted by Crippen LogP contribution is -2.31. The Hall–Kier alpha value is -0.450. The Labute approximate surface area is 94.9 Å². The summed E-state index contributed by atoms with van der Waals surface area (Å²) < 4.78 is 5.65. The van der Waals surface area contributed by atoms with Gasteiger partial charge in [0.25, 0.3) is 0 Å². The number of aromatic nitrogens is 1. The standard InChI is InChI=1S/C11H18N2OS/c1-12-9(5-10-3-2-4-14-10)6-11-7-13-8-15-11/h7-10,12H,2-6H2,1H3. The van der Waals surface area contributed by atoms with Gasteiger partial charge in [-0.2, -0.15) is 0 Å². The monoisotopic (exact) mass is 226 g/mol. The molecule has 0 amide bonds. The molecule has 0 bridgehead atoms. The SMILES string of the molecule is CNC(Cc1cncs1)CC1CCCO1. The molecule has 1 fully saturated rings. The molecule has 2 heterocycles. The van der Waals surface area contributed by atoms with Crippen LogP contribution in [0.5, 0.6) is 0 Å². The molecule has 2 unspecified atom stereocenters. The highest BCUT2D eigenvalue weighted by atomic mass is 32.1. The molecular weight excluding hydrogens is 208 g/mol. The summed E-state index contributed by atoms with van der Waals surface area (Å²) in [7, 11) is 2.03. The third-order valence-electron chi connectivity index (χ3n) is 2.91. The molecular formula is C11H18N2OS. The molecule has 1 aromatic heterocycles. The first-order chi connectivity index (χ1) is 7.38. The molecule has 1 N–H and O–H groups in total. The Morgan fingerprint density at radius 2 is 2.67 bits per heavy atom. The van der Waals surface area contributed by atoms with Crippen LogP contribution in [0.4, 0.5) is 0 Å². The summed E-state index contributed by atoms with van der Waals surface area (Å²) in [4.78, 5) is 5.45. The van der Waals surface area contributed by atoms with Gasteiger partial charge in [0.1, 0.15) is 0 Å². The average molecular weight is 226 g/mol. The van der Waals surface area contributed by atoms with Gasteiger partial charge in [-0.05, 0) is 32.7 Å². The number of nitrogens with one attached hydrogen (secondary N) is 1. The predicted octanol–water partition coefficient (Wildman–Crippen LogP) is 1.84. The maximum atomic E-state index is 5.65. The molecule has 0 aromatic carbocycles. The van der Waals surface area contributed by atoms with Crippen molar-refractivity contribution < 1.29 is 4.74 Å². The van der Waals surface area contributed by atoms with Crippen molar-refractivity contribution in [1.29, 1.82) is 0 Å². The number of ether oxygens (including phenoxy) is 1. The van der Waals surface area contributed by atoms with Crippen molar-refractivity contribution in [2.24, 2.45) is 0 Å². The van der Waals surface area contributed by atoms with Crippen LogP contribution in [0.2, 0.25) is 0 Å². The molecule has 0 radical (unpaired) electrons. The van der Waals surface area contributed by atoms with E-state index in [1.165, 1.54) is 17.7 Å². The van der Waals surface area contributed by atoms with Gasteiger partial charge >= 0.3 is 0 Å². The topological polar surface area (TPSA) is 34.2 Å². The molecule has 1 saturated heterocycles. The molecule has 0 aliphatic carbocycles. The van der Waals surface area contributed by atoms with Gasteiger partial charge in [-0.25, -0.2) is 0 Å². The Morgan fingerprint density at radius 1 is 1.73 bits per heavy atom. The van der Waals surface area contributed by atoms with Gasteiger partial charge in [-0.3, -0.25) is 4.98 Å². The third kappa shape index (κ3) is 3.26. The number of nitrogens with zero attached hydrogens (tertiary/aromatic N) is 1. The maximum absolute atomic E-state index is 5.65. The van der Waals surface area contributed by atoms with Crippen LogP contribution in [0.1, 0.15) is 24.1 Å². The van der Waals surface area contributed by atoms with E-state index < -0.39 is 0 Å². The lowest BCUT2D eigenvalue weighted by molar-refractivity contribution is 0.0955. The average Bonchev–Trinajstić information content (AvgIpc) is 2.89. The van der Waals surface area contributed by atoms with Gasteiger partial charge in [0.05, 0.1) is 11.6 Å². The molecule has 1 aliphatic heterocycles. The van der Waals surface area contributed by atoms with Gasteiger partial charge in [-0.15, -0.1) is 11.3 Å². The minimum Gasteiger partial charge on any atom is -0.378 e. The fourth-order valence-corrected chi connectivity index (χ4v) is 2.71. The zero-order chi connectivity index (χ0) is 10.5. The van der Waals surface area contributed by atoms with E-state index in [2.05, 4.69) is 10.3 Å². The molecule has 1 aliphatic rings. The number of likely N-dealkylation sites (N-methyl/N-ethyl adjacent to an activating group) is 1. The van der Waals surface area contributed by atoms with Crippen molar-refractivity contribution >= 4 is 11.3 Å². The van der Waals surface area contributed by atoms with Gasteiger partial charge in [-0.1, -0.05) is 0 Å². The van der Waals surface area contributed by atoms with Crippen LogP contribution in [-0.2, 0) is 11.2 Å². The summed E-state index contributed by atoms with van der Waals surface area (Å²) in [6, 6.07) is 0.522. The van der Waals surface area contributed by atoms with Crippen LogP contribution in [0, 0.1) is 0 Å². The van der Waals surface area contributed by atoms with E-state index in [1.54, 1.807) is 11.3 Å². The maximum Gasteiger partial charge on any atom is 0.0794 e. The van der Waals surface area contributed by atoms with Crippen LogP contribution < -0.4 is 5.32 Å². The molecule has 0 saturated carbocycles. The highest BCUT2D eigenvalue weighted by molar-refractivity contribution is 7.09. The second kappa shape index (κ2) is 5.58. The molecule has 2 atom stereocenters. The minimum absolute atomic E-state index is 0.468. The number of thiazole rings is 1. The van der Waals surface area contributed by atoms with E-state index in [0.29, 0.717) is 12.1 Å². The second-order valence-corrected chi connectivity index (χ2v) is 5.00. The number of hydrogen-bond donors (Lipinski definition) is 1. The van der Waals surface area contributed by atoms with E-state index in [0.717, 1.165) is 19.4 Å². The molecule has 3 nitrogen and oxygen atoms in total. The first kappa shape index (κ1) is 11.0. The number of hydrogen-bond acceptors (Lipinski definition) is 4. The largest absolute Gasteiger partial charge is 0.378 e. The van der Waals surface area contributed by atoms with Gasteiger partial charge in [0.2, 0.25) is 0 Å². The zero-order valence-corrected chi connectivity index (χ0v) is 9.93. The fraction of sp³-hybridized carbons (Fsp3) is 0.727. The van der Waals surface area contributed by atoms with E-state index >= 15 is 0 Å². The quantitative estimate of drug-likeness (QED) is 0.832. The molecule has 0 spiro atoms. The lowest BCUT2D eigenvalue weighted by Gasteiger charge is -2.18. The van der Waals surface area contributed by atoms with Crippen molar-refractivity contribution in [1.82, 2.24) is 10.3 Å². The van der Waals surface area contributed by atoms with Crippen molar-refractivity contribution in [2.45, 2.75) is 37.8 Å². The first-order valence-electron chi connectivity index (χ1n) is 5.54. The van der Waals surface area contributed by atoms with E-state index in [-0.39, 0.29) is 0 Å². The smallest absolute Gasteiger partial charge is 0.0794 e. The molecule has 4 heteroatoms. The minimum atomic E-state index is 0.468. The second-order valence-electron chi connectivity index (χ2n) is 4.03. The Morgan fingerprint density at radius 3 is 3.27 bits per heavy atom. The summed E-state index contributed by atoms with van der Waals surface area (Å²) in [6.07, 6.45) is 7.07. The van der Waals surface area contributed by atoms with Crippen molar-refractivity contribution in [2.75, 3.05) is 13.7 Å². The van der Waals surface area contributed by atoms with Crippen molar-refractivity contribution in [3.05, 3.63) is 16.6 Å². The summed E-state index contributed by atoms with van der Waals surface area (Å²) >= 11 is 1.73. The van der Waals surface area contributed by atoms with E-state index in [4.69, 9.17) is 4.74 Å². The highest BCUT2D eigenvalue weighted by Crippen LogP contribution is 2.19. The van der Waals surface area contributed by atoms with Crippen LogP contribution in [0.3, 0.4) is 0 Å². The molecule has 84 valence electrons. The van der Waals surface area contributed by atoms with Crippen LogP contribution in [-0.4, -0.2) is 30.8 Å². The normalized spacial score (nSPS) is 23.1. The Kier molecular flexibility index (Phi) is 4.11. The Balaban J connectivity index is 1.81. The predicted molar refractivity (Wildman–Crippen MR) is 62.3 cm³/mol. The summed E-state index contributed by atoms with van der Waals surface area (Å²) in [6.45, 7) is 0.946. The van der Waals surface area contributed by atoms with E-state index in [1.807, 2.05) is 18.8 Å². The van der Waals surface area contributed by atoms with Crippen LogP contribution in [0.25, 0.3) is 0 Å². The third-order valence-corrected chi connectivity index (χ3v) is 3.71. The van der Waals surface area contributed by atoms with Gasteiger partial charge in [0, 0.05) is 23.7 Å². The fourth-order valence-electron chi connectivity index (χ4n) is 2.04. The lowest BCUT2D eigenvalue weighted by atomic mass is 10.0. The highest BCUT2D eigenvalue weighted by Gasteiger charge is 2.20. The molecule has 1 aromatic rings. The van der Waals surface area contributed by atoms with E-state index in [9.17, 15) is 0 Å². The first-order valence-corrected chi connectivity index (χ1v) is 6.42. The van der Waals surface area contributed by atoms with Crippen LogP contribution >= 0.6 is 11.3 Å². The Bertz CT molecular complexity index is 270. The van der Waals surface area contributed by atoms with Gasteiger partial charge < -0.3 is 10.1 Å². The molecule has 15 heavy (non-hydrogen) atoms. The molecule has 2 rings (SSSR count). The number of rotatable bonds is 5.